The molecule has 138 valence electrons. The van der Waals surface area contributed by atoms with Crippen LogP contribution in [0, 0.1) is 0 Å². The third kappa shape index (κ3) is 5.34. The van der Waals surface area contributed by atoms with Crippen LogP contribution in [0.3, 0.4) is 0 Å². The van der Waals surface area contributed by atoms with E-state index in [1.165, 1.54) is 0 Å². The Kier molecular flexibility index (Phi) is 7.21. The molecule has 0 heterocycles. The van der Waals surface area contributed by atoms with Crippen LogP contribution in [0.25, 0.3) is 0 Å². The monoisotopic (exact) mass is 354 g/mol. The van der Waals surface area contributed by atoms with Gasteiger partial charge in [-0.1, -0.05) is 48.5 Å². The zero-order valence-electron chi connectivity index (χ0n) is 15.6. The summed E-state index contributed by atoms with van der Waals surface area (Å²) in [7, 11) is 3.39. The van der Waals surface area contributed by atoms with E-state index in [2.05, 4.69) is 5.32 Å². The molecule has 26 heavy (non-hydrogen) atoms. The highest BCUT2D eigenvalue weighted by atomic mass is 16.5. The van der Waals surface area contributed by atoms with Crippen molar-refractivity contribution in [2.45, 2.75) is 25.8 Å². The Labute approximate surface area is 155 Å². The number of ether oxygens (including phenoxy) is 1. The number of benzene rings is 2. The van der Waals surface area contributed by atoms with Crippen molar-refractivity contribution in [1.29, 1.82) is 0 Å². The summed E-state index contributed by atoms with van der Waals surface area (Å²) >= 11 is 0. The van der Waals surface area contributed by atoms with Gasteiger partial charge in [-0.15, -0.1) is 0 Å². The lowest BCUT2D eigenvalue weighted by molar-refractivity contribution is -0.131. The molecule has 5 heteroatoms. The van der Waals surface area contributed by atoms with Crippen molar-refractivity contribution in [2.24, 2.45) is 0 Å². The van der Waals surface area contributed by atoms with Crippen LogP contribution in [0.1, 0.15) is 30.5 Å². The molecule has 5 nitrogen and oxygen atoms in total. The molecule has 0 aromatic heterocycles. The van der Waals surface area contributed by atoms with E-state index in [9.17, 15) is 9.59 Å². The van der Waals surface area contributed by atoms with Gasteiger partial charge in [-0.05, 0) is 18.6 Å². The van der Waals surface area contributed by atoms with Gasteiger partial charge in [0.15, 0.2) is 0 Å². The molecule has 2 aromatic rings. The average molecular weight is 354 g/mol. The first kappa shape index (κ1) is 19.5. The number of carbonyl (C=O) groups is 2. The first-order chi connectivity index (χ1) is 12.5. The van der Waals surface area contributed by atoms with E-state index in [0.717, 1.165) is 16.9 Å². The first-order valence-electron chi connectivity index (χ1n) is 8.72. The van der Waals surface area contributed by atoms with Crippen molar-refractivity contribution in [2.75, 3.05) is 20.7 Å². The van der Waals surface area contributed by atoms with E-state index in [-0.39, 0.29) is 24.3 Å². The summed E-state index contributed by atoms with van der Waals surface area (Å²) in [6, 6.07) is 17.1. The van der Waals surface area contributed by atoms with Crippen LogP contribution in [0.4, 0.5) is 0 Å². The summed E-state index contributed by atoms with van der Waals surface area (Å²) in [6.45, 7) is 2.29. The summed E-state index contributed by atoms with van der Waals surface area (Å²) in [5, 5.41) is 2.81. The lowest BCUT2D eigenvalue weighted by atomic mass is 10.1. The summed E-state index contributed by atoms with van der Waals surface area (Å²) in [5.74, 6) is 0.656. The van der Waals surface area contributed by atoms with Gasteiger partial charge < -0.3 is 15.0 Å². The van der Waals surface area contributed by atoms with E-state index in [1.54, 1.807) is 19.1 Å². The molecule has 0 fully saturated rings. The van der Waals surface area contributed by atoms with Crippen molar-refractivity contribution in [1.82, 2.24) is 10.2 Å². The fourth-order valence-electron chi connectivity index (χ4n) is 2.77. The molecular weight excluding hydrogens is 328 g/mol. The second-order valence-electron chi connectivity index (χ2n) is 6.18. The lowest BCUT2D eigenvalue weighted by Gasteiger charge is -2.26. The predicted octanol–water partition coefficient (Wildman–Crippen LogP) is 2.96. The fourth-order valence-corrected chi connectivity index (χ4v) is 2.77. The van der Waals surface area contributed by atoms with Crippen molar-refractivity contribution >= 4 is 11.8 Å². The molecule has 0 saturated heterocycles. The zero-order valence-corrected chi connectivity index (χ0v) is 15.6. The van der Waals surface area contributed by atoms with Crippen LogP contribution in [0.5, 0.6) is 5.75 Å². The molecule has 0 saturated carbocycles. The van der Waals surface area contributed by atoms with Gasteiger partial charge in [0.05, 0.1) is 19.6 Å². The fraction of sp³-hybridized carbons (Fsp3) is 0.333. The third-order valence-corrected chi connectivity index (χ3v) is 4.43. The molecule has 2 aromatic carbocycles. The predicted molar refractivity (Wildman–Crippen MR) is 102 cm³/mol. The quantitative estimate of drug-likeness (QED) is 0.793. The van der Waals surface area contributed by atoms with Crippen molar-refractivity contribution in [3.05, 3.63) is 65.7 Å². The van der Waals surface area contributed by atoms with Crippen LogP contribution in [0.15, 0.2) is 54.6 Å². The van der Waals surface area contributed by atoms with Crippen LogP contribution < -0.4 is 10.1 Å². The van der Waals surface area contributed by atoms with E-state index in [1.807, 2.05) is 61.5 Å². The highest BCUT2D eigenvalue weighted by Crippen LogP contribution is 2.28. The van der Waals surface area contributed by atoms with Gasteiger partial charge in [0.2, 0.25) is 11.8 Å². The molecule has 1 unspecified atom stereocenters. The minimum absolute atomic E-state index is 0.0246. The Morgan fingerprint density at radius 3 is 2.42 bits per heavy atom. The number of rotatable bonds is 8. The van der Waals surface area contributed by atoms with Gasteiger partial charge in [-0.2, -0.15) is 0 Å². The maximum Gasteiger partial charge on any atom is 0.224 e. The number of hydrogen-bond donors (Lipinski definition) is 1. The number of amides is 2. The number of para-hydroxylation sites is 1. The van der Waals surface area contributed by atoms with E-state index < -0.39 is 0 Å². The van der Waals surface area contributed by atoms with E-state index in [0.29, 0.717) is 13.0 Å². The van der Waals surface area contributed by atoms with Gasteiger partial charge in [0, 0.05) is 25.6 Å². The number of carbonyl (C=O) groups excluding carboxylic acids is 2. The molecule has 1 atom stereocenters. The Morgan fingerprint density at radius 1 is 1.08 bits per heavy atom. The average Bonchev–Trinajstić information content (AvgIpc) is 2.67. The van der Waals surface area contributed by atoms with Gasteiger partial charge in [0.1, 0.15) is 5.75 Å². The SMILES string of the molecule is COc1ccccc1C(C)N(C)C(=O)CCNC(=O)Cc1ccccc1. The number of nitrogens with zero attached hydrogens (tertiary/aromatic N) is 1. The summed E-state index contributed by atoms with van der Waals surface area (Å²) in [4.78, 5) is 26.1. The van der Waals surface area contributed by atoms with Crippen LogP contribution in [-0.2, 0) is 16.0 Å². The molecular formula is C21H26N2O3. The van der Waals surface area contributed by atoms with Gasteiger partial charge in [-0.25, -0.2) is 0 Å². The zero-order chi connectivity index (χ0) is 18.9. The molecule has 0 bridgehead atoms. The summed E-state index contributed by atoms with van der Waals surface area (Å²) in [5.41, 5.74) is 1.91. The minimum Gasteiger partial charge on any atom is -0.496 e. The normalized spacial score (nSPS) is 11.5. The van der Waals surface area contributed by atoms with E-state index >= 15 is 0 Å². The van der Waals surface area contributed by atoms with Gasteiger partial charge in [-0.3, -0.25) is 9.59 Å². The third-order valence-electron chi connectivity index (χ3n) is 4.43. The molecule has 0 spiro atoms. The lowest BCUT2D eigenvalue weighted by Crippen LogP contribution is -2.34. The molecule has 1 N–H and O–H groups in total. The number of hydrogen-bond acceptors (Lipinski definition) is 3. The second kappa shape index (κ2) is 9.61. The Balaban J connectivity index is 1.82. The van der Waals surface area contributed by atoms with Gasteiger partial charge >= 0.3 is 0 Å². The summed E-state index contributed by atoms with van der Waals surface area (Å²) in [6.07, 6.45) is 0.582. The van der Waals surface area contributed by atoms with Crippen LogP contribution >= 0.6 is 0 Å². The second-order valence-corrected chi connectivity index (χ2v) is 6.18. The van der Waals surface area contributed by atoms with Crippen molar-refractivity contribution in [3.63, 3.8) is 0 Å². The maximum atomic E-state index is 12.4. The molecule has 2 amide bonds. The number of methoxy groups -OCH3 is 1. The molecule has 0 aliphatic carbocycles. The van der Waals surface area contributed by atoms with Gasteiger partial charge in [0.25, 0.3) is 0 Å². The Morgan fingerprint density at radius 2 is 1.73 bits per heavy atom. The van der Waals surface area contributed by atoms with Crippen LogP contribution in [0.2, 0.25) is 0 Å². The molecule has 0 radical (unpaired) electrons. The number of nitrogens with one attached hydrogen (secondary N) is 1. The first-order valence-corrected chi connectivity index (χ1v) is 8.72. The Hall–Kier alpha value is -2.82. The Bertz CT molecular complexity index is 731. The maximum absolute atomic E-state index is 12.4. The summed E-state index contributed by atoms with van der Waals surface area (Å²) < 4.78 is 5.37. The molecule has 0 aliphatic rings. The van der Waals surface area contributed by atoms with Crippen molar-refractivity contribution < 1.29 is 14.3 Å². The largest absolute Gasteiger partial charge is 0.496 e. The molecule has 2 rings (SSSR count). The highest BCUT2D eigenvalue weighted by molar-refractivity contribution is 5.80. The molecule has 0 aliphatic heterocycles. The topological polar surface area (TPSA) is 58.6 Å². The van der Waals surface area contributed by atoms with Crippen LogP contribution in [-0.4, -0.2) is 37.4 Å². The van der Waals surface area contributed by atoms with Crippen molar-refractivity contribution in [3.8, 4) is 5.75 Å². The standard InChI is InChI=1S/C21H26N2O3/c1-16(18-11-7-8-12-19(18)26-3)23(2)21(25)13-14-22-20(24)15-17-9-5-4-6-10-17/h4-12,16H,13-15H2,1-3H3,(H,22,24). The minimum atomic E-state index is -0.112. The van der Waals surface area contributed by atoms with E-state index in [4.69, 9.17) is 4.74 Å². The smallest absolute Gasteiger partial charge is 0.224 e. The highest BCUT2D eigenvalue weighted by Gasteiger charge is 2.20.